The van der Waals surface area contributed by atoms with Crippen LogP contribution in [0.2, 0.25) is 0 Å². The van der Waals surface area contributed by atoms with Crippen molar-refractivity contribution < 1.29 is 14.7 Å². The second-order valence-electron chi connectivity index (χ2n) is 3.77. The van der Waals surface area contributed by atoms with Gasteiger partial charge in [0.15, 0.2) is 0 Å². The predicted octanol–water partition coefficient (Wildman–Crippen LogP) is -1.19. The molecular weight excluding hydrogens is 198 g/mol. The Morgan fingerprint density at radius 2 is 1.80 bits per heavy atom. The molecule has 0 aromatic carbocycles. The van der Waals surface area contributed by atoms with E-state index in [0.29, 0.717) is 6.54 Å². The summed E-state index contributed by atoms with van der Waals surface area (Å²) in [6.07, 6.45) is -0.328. The smallest absolute Gasteiger partial charge is 0.305 e. The van der Waals surface area contributed by atoms with E-state index in [1.807, 2.05) is 19.0 Å². The third-order valence-electron chi connectivity index (χ3n) is 1.97. The topological polar surface area (TPSA) is 86.9 Å². The SMILES string of the molecule is CN(C)CCN(C)C(=O)C(N)CC(=O)O. The highest BCUT2D eigenvalue weighted by molar-refractivity contribution is 5.85. The molecule has 0 spiro atoms. The standard InChI is InChI=1S/C9H19N3O3/c1-11(2)4-5-12(3)9(15)7(10)6-8(13)14/h7H,4-6,10H2,1-3H3,(H,13,14). The summed E-state index contributed by atoms with van der Waals surface area (Å²) in [7, 11) is 5.42. The second-order valence-corrected chi connectivity index (χ2v) is 3.77. The third-order valence-corrected chi connectivity index (χ3v) is 1.97. The highest BCUT2D eigenvalue weighted by atomic mass is 16.4. The van der Waals surface area contributed by atoms with Gasteiger partial charge in [-0.1, -0.05) is 0 Å². The van der Waals surface area contributed by atoms with Crippen molar-refractivity contribution in [3.05, 3.63) is 0 Å². The molecule has 0 heterocycles. The molecule has 0 aromatic rings. The maximum Gasteiger partial charge on any atom is 0.305 e. The van der Waals surface area contributed by atoms with Gasteiger partial charge in [0.05, 0.1) is 12.5 Å². The summed E-state index contributed by atoms with van der Waals surface area (Å²) in [6.45, 7) is 1.27. The van der Waals surface area contributed by atoms with Crippen LogP contribution in [0.3, 0.4) is 0 Å². The highest BCUT2D eigenvalue weighted by Crippen LogP contribution is 1.95. The summed E-state index contributed by atoms with van der Waals surface area (Å²) in [6, 6.07) is -0.949. The van der Waals surface area contributed by atoms with Crippen LogP contribution in [0, 0.1) is 0 Å². The molecule has 0 aromatic heterocycles. The molecule has 1 atom stereocenters. The normalized spacial score (nSPS) is 12.6. The Labute approximate surface area is 89.6 Å². The minimum absolute atomic E-state index is 0.328. The van der Waals surface area contributed by atoms with E-state index in [2.05, 4.69) is 0 Å². The van der Waals surface area contributed by atoms with Crippen molar-refractivity contribution in [3.63, 3.8) is 0 Å². The van der Waals surface area contributed by atoms with Crippen molar-refractivity contribution in [1.29, 1.82) is 0 Å². The van der Waals surface area contributed by atoms with E-state index in [1.54, 1.807) is 7.05 Å². The predicted molar refractivity (Wildman–Crippen MR) is 56.4 cm³/mol. The summed E-state index contributed by atoms with van der Waals surface area (Å²) < 4.78 is 0. The number of carbonyl (C=O) groups excluding carboxylic acids is 1. The van der Waals surface area contributed by atoms with Gasteiger partial charge in [-0.2, -0.15) is 0 Å². The second kappa shape index (κ2) is 6.36. The van der Waals surface area contributed by atoms with Gasteiger partial charge >= 0.3 is 5.97 Å². The first-order valence-electron chi connectivity index (χ1n) is 4.71. The first-order chi connectivity index (χ1) is 6.84. The minimum atomic E-state index is -1.06. The lowest BCUT2D eigenvalue weighted by Gasteiger charge is -2.22. The maximum absolute atomic E-state index is 11.5. The Morgan fingerprint density at radius 3 is 2.20 bits per heavy atom. The number of carboxylic acids is 1. The van der Waals surface area contributed by atoms with E-state index < -0.39 is 12.0 Å². The van der Waals surface area contributed by atoms with Crippen molar-refractivity contribution in [2.24, 2.45) is 5.73 Å². The number of hydrogen-bond acceptors (Lipinski definition) is 4. The van der Waals surface area contributed by atoms with Crippen molar-refractivity contribution in [2.45, 2.75) is 12.5 Å². The molecule has 88 valence electrons. The molecule has 15 heavy (non-hydrogen) atoms. The number of likely N-dealkylation sites (N-methyl/N-ethyl adjacent to an activating group) is 2. The first-order valence-corrected chi connectivity index (χ1v) is 4.71. The lowest BCUT2D eigenvalue weighted by Crippen LogP contribution is -2.44. The van der Waals surface area contributed by atoms with Crippen LogP contribution in [0.25, 0.3) is 0 Å². The van der Waals surface area contributed by atoms with Crippen molar-refractivity contribution >= 4 is 11.9 Å². The lowest BCUT2D eigenvalue weighted by molar-refractivity contribution is -0.141. The van der Waals surface area contributed by atoms with Crippen LogP contribution in [0.5, 0.6) is 0 Å². The van der Waals surface area contributed by atoms with Gasteiger partial charge in [-0.05, 0) is 14.1 Å². The largest absolute Gasteiger partial charge is 0.481 e. The molecule has 0 aliphatic carbocycles. The van der Waals surface area contributed by atoms with Gasteiger partial charge in [0.2, 0.25) is 5.91 Å². The number of carbonyl (C=O) groups is 2. The van der Waals surface area contributed by atoms with E-state index >= 15 is 0 Å². The summed E-state index contributed by atoms with van der Waals surface area (Å²) in [4.78, 5) is 25.2. The van der Waals surface area contributed by atoms with E-state index in [1.165, 1.54) is 4.90 Å². The first kappa shape index (κ1) is 13.9. The molecule has 0 fully saturated rings. The van der Waals surface area contributed by atoms with Gasteiger partial charge in [-0.15, -0.1) is 0 Å². The fraction of sp³-hybridized carbons (Fsp3) is 0.778. The van der Waals surface area contributed by atoms with Crippen LogP contribution >= 0.6 is 0 Å². The molecule has 0 aliphatic heterocycles. The number of aliphatic carboxylic acids is 1. The maximum atomic E-state index is 11.5. The molecular formula is C9H19N3O3. The zero-order chi connectivity index (χ0) is 12.0. The summed E-state index contributed by atoms with van der Waals surface area (Å²) >= 11 is 0. The lowest BCUT2D eigenvalue weighted by atomic mass is 10.2. The Morgan fingerprint density at radius 1 is 1.27 bits per heavy atom. The van der Waals surface area contributed by atoms with E-state index in [4.69, 9.17) is 10.8 Å². The molecule has 0 rings (SSSR count). The molecule has 0 aliphatic rings. The number of amides is 1. The minimum Gasteiger partial charge on any atom is -0.481 e. The average molecular weight is 217 g/mol. The van der Waals surface area contributed by atoms with E-state index in [9.17, 15) is 9.59 Å². The van der Waals surface area contributed by atoms with Crippen LogP contribution in [0.4, 0.5) is 0 Å². The molecule has 6 heteroatoms. The molecule has 1 amide bonds. The fourth-order valence-electron chi connectivity index (χ4n) is 1.02. The number of nitrogens with zero attached hydrogens (tertiary/aromatic N) is 2. The highest BCUT2D eigenvalue weighted by Gasteiger charge is 2.20. The quantitative estimate of drug-likeness (QED) is 0.584. The average Bonchev–Trinajstić information content (AvgIpc) is 2.11. The van der Waals surface area contributed by atoms with Gasteiger partial charge in [-0.25, -0.2) is 0 Å². The van der Waals surface area contributed by atoms with Crippen LogP contribution in [-0.4, -0.2) is 67.1 Å². The van der Waals surface area contributed by atoms with Gasteiger partial charge in [0.1, 0.15) is 0 Å². The molecule has 3 N–H and O–H groups in total. The van der Waals surface area contributed by atoms with Crippen LogP contribution in [-0.2, 0) is 9.59 Å². The van der Waals surface area contributed by atoms with Crippen LogP contribution < -0.4 is 5.73 Å². The zero-order valence-electron chi connectivity index (χ0n) is 9.43. The Hall–Kier alpha value is -1.14. The molecule has 0 saturated heterocycles. The summed E-state index contributed by atoms with van der Waals surface area (Å²) in [5.74, 6) is -1.39. The molecule has 0 bridgehead atoms. The van der Waals surface area contributed by atoms with Crippen LogP contribution in [0.1, 0.15) is 6.42 Å². The fourth-order valence-corrected chi connectivity index (χ4v) is 1.02. The zero-order valence-corrected chi connectivity index (χ0v) is 9.43. The van der Waals surface area contributed by atoms with Crippen molar-refractivity contribution in [1.82, 2.24) is 9.80 Å². The monoisotopic (exact) mass is 217 g/mol. The van der Waals surface area contributed by atoms with E-state index in [-0.39, 0.29) is 12.3 Å². The molecule has 6 nitrogen and oxygen atoms in total. The van der Waals surface area contributed by atoms with Gasteiger partial charge in [-0.3, -0.25) is 9.59 Å². The molecule has 1 unspecified atom stereocenters. The van der Waals surface area contributed by atoms with Crippen molar-refractivity contribution in [2.75, 3.05) is 34.2 Å². The van der Waals surface area contributed by atoms with Gasteiger partial charge < -0.3 is 20.6 Å². The molecule has 0 radical (unpaired) electrons. The number of rotatable bonds is 6. The Bertz CT molecular complexity index is 231. The number of carboxylic acid groups (broad SMARTS) is 1. The molecule has 0 saturated carbocycles. The summed E-state index contributed by atoms with van der Waals surface area (Å²) in [5.41, 5.74) is 5.44. The summed E-state index contributed by atoms with van der Waals surface area (Å²) in [5, 5.41) is 8.47. The van der Waals surface area contributed by atoms with E-state index in [0.717, 1.165) is 6.54 Å². The third kappa shape index (κ3) is 6.03. The number of nitrogens with two attached hydrogens (primary N) is 1. The van der Waals surface area contributed by atoms with Gasteiger partial charge in [0.25, 0.3) is 0 Å². The van der Waals surface area contributed by atoms with Gasteiger partial charge in [0, 0.05) is 20.1 Å². The number of hydrogen-bond donors (Lipinski definition) is 2. The van der Waals surface area contributed by atoms with Crippen LogP contribution in [0.15, 0.2) is 0 Å². The van der Waals surface area contributed by atoms with Crippen molar-refractivity contribution in [3.8, 4) is 0 Å². The Kier molecular flexibility index (Phi) is 5.88. The Balaban J connectivity index is 4.01.